The standard InChI is InChI=1S/C19H21N5O6/c1-9-22-16(20-6-10-2-4-11(5-3-10)19(28)29)13-17(23-9)24(8-21-13)18-15(27)14(26)12(7-25)30-18/h2-5,8,12,14-15,18,25-27H,6-7H2,1H3,(H,28,29)(H,20,22,23). The summed E-state index contributed by atoms with van der Waals surface area (Å²) < 4.78 is 7.07. The van der Waals surface area contributed by atoms with E-state index in [1.54, 1.807) is 19.1 Å². The van der Waals surface area contributed by atoms with Crippen molar-refractivity contribution in [3.8, 4) is 0 Å². The maximum absolute atomic E-state index is 11.0. The highest BCUT2D eigenvalue weighted by atomic mass is 16.6. The van der Waals surface area contributed by atoms with Gasteiger partial charge in [0.2, 0.25) is 0 Å². The van der Waals surface area contributed by atoms with Crippen molar-refractivity contribution in [1.82, 2.24) is 19.5 Å². The Kier molecular flexibility index (Phi) is 5.35. The van der Waals surface area contributed by atoms with Crippen molar-refractivity contribution >= 4 is 23.0 Å². The zero-order valence-corrected chi connectivity index (χ0v) is 16.0. The van der Waals surface area contributed by atoms with Crippen LogP contribution < -0.4 is 5.32 Å². The molecule has 0 radical (unpaired) electrons. The number of imidazole rings is 1. The van der Waals surface area contributed by atoms with Gasteiger partial charge >= 0.3 is 5.97 Å². The molecule has 1 fully saturated rings. The summed E-state index contributed by atoms with van der Waals surface area (Å²) >= 11 is 0. The molecular formula is C19H21N5O6. The van der Waals surface area contributed by atoms with Crippen LogP contribution in [0.4, 0.5) is 5.82 Å². The zero-order chi connectivity index (χ0) is 21.4. The predicted octanol–water partition coefficient (Wildman–Crippen LogP) is 0.0565. The first-order chi connectivity index (χ1) is 14.4. The lowest BCUT2D eigenvalue weighted by Crippen LogP contribution is -2.33. The number of fused-ring (bicyclic) bond motifs is 1. The molecular weight excluding hydrogens is 394 g/mol. The van der Waals surface area contributed by atoms with Crippen LogP contribution in [0.1, 0.15) is 28.0 Å². The van der Waals surface area contributed by atoms with Crippen LogP contribution in [0.25, 0.3) is 11.2 Å². The zero-order valence-electron chi connectivity index (χ0n) is 16.0. The van der Waals surface area contributed by atoms with Crippen LogP contribution in [-0.4, -0.2) is 70.8 Å². The van der Waals surface area contributed by atoms with Crippen LogP contribution in [0.2, 0.25) is 0 Å². The number of carboxylic acids is 1. The monoisotopic (exact) mass is 415 g/mol. The van der Waals surface area contributed by atoms with E-state index >= 15 is 0 Å². The van der Waals surface area contributed by atoms with E-state index in [0.29, 0.717) is 29.4 Å². The molecule has 4 atom stereocenters. The minimum atomic E-state index is -1.25. The van der Waals surface area contributed by atoms with Gasteiger partial charge in [0.25, 0.3) is 0 Å². The van der Waals surface area contributed by atoms with Gasteiger partial charge in [-0.2, -0.15) is 0 Å². The lowest BCUT2D eigenvalue weighted by Gasteiger charge is -2.17. The van der Waals surface area contributed by atoms with E-state index in [0.717, 1.165) is 5.56 Å². The number of hydrogen-bond donors (Lipinski definition) is 5. The van der Waals surface area contributed by atoms with E-state index < -0.39 is 37.1 Å². The van der Waals surface area contributed by atoms with Crippen molar-refractivity contribution in [2.75, 3.05) is 11.9 Å². The lowest BCUT2D eigenvalue weighted by molar-refractivity contribution is -0.0511. The molecule has 3 heterocycles. The van der Waals surface area contributed by atoms with Crippen LogP contribution in [0.15, 0.2) is 30.6 Å². The number of aliphatic hydroxyl groups excluding tert-OH is 3. The van der Waals surface area contributed by atoms with Gasteiger partial charge in [-0.25, -0.2) is 19.7 Å². The smallest absolute Gasteiger partial charge is 0.335 e. The van der Waals surface area contributed by atoms with Gasteiger partial charge in [0.1, 0.15) is 24.1 Å². The average molecular weight is 415 g/mol. The quantitative estimate of drug-likeness (QED) is 0.372. The van der Waals surface area contributed by atoms with Gasteiger partial charge in [0, 0.05) is 6.54 Å². The maximum Gasteiger partial charge on any atom is 0.335 e. The minimum Gasteiger partial charge on any atom is -0.478 e. The number of rotatable bonds is 6. The summed E-state index contributed by atoms with van der Waals surface area (Å²) in [4.78, 5) is 24.1. The van der Waals surface area contributed by atoms with E-state index in [4.69, 9.17) is 9.84 Å². The molecule has 1 saturated heterocycles. The first-order valence-electron chi connectivity index (χ1n) is 9.28. The molecule has 1 aliphatic heterocycles. The first kappa shape index (κ1) is 20.2. The fraction of sp³-hybridized carbons (Fsp3) is 0.368. The van der Waals surface area contributed by atoms with Crippen LogP contribution in [-0.2, 0) is 11.3 Å². The number of aryl methyl sites for hydroxylation is 1. The summed E-state index contributed by atoms with van der Waals surface area (Å²) in [5.41, 5.74) is 1.91. The Bertz CT molecular complexity index is 1070. The minimum absolute atomic E-state index is 0.205. The summed E-state index contributed by atoms with van der Waals surface area (Å²) in [5, 5.41) is 41.8. The van der Waals surface area contributed by atoms with Gasteiger partial charge in [0.05, 0.1) is 18.5 Å². The van der Waals surface area contributed by atoms with E-state index in [2.05, 4.69) is 20.3 Å². The third kappa shape index (κ3) is 3.59. The van der Waals surface area contributed by atoms with Crippen molar-refractivity contribution in [1.29, 1.82) is 0 Å². The number of aliphatic hydroxyl groups is 3. The third-order valence-corrected chi connectivity index (χ3v) is 4.99. The van der Waals surface area contributed by atoms with Gasteiger partial charge in [-0.15, -0.1) is 0 Å². The second-order valence-corrected chi connectivity index (χ2v) is 7.03. The molecule has 0 amide bonds. The number of carbonyl (C=O) groups is 1. The molecule has 11 nitrogen and oxygen atoms in total. The highest BCUT2D eigenvalue weighted by Crippen LogP contribution is 2.32. The van der Waals surface area contributed by atoms with Crippen molar-refractivity contribution in [2.45, 2.75) is 38.0 Å². The Morgan fingerprint density at radius 3 is 2.57 bits per heavy atom. The number of aromatic nitrogens is 4. The van der Waals surface area contributed by atoms with Crippen molar-refractivity contribution in [2.24, 2.45) is 0 Å². The molecule has 5 N–H and O–H groups in total. The third-order valence-electron chi connectivity index (χ3n) is 4.99. The van der Waals surface area contributed by atoms with Crippen LogP contribution in [0.5, 0.6) is 0 Å². The fourth-order valence-corrected chi connectivity index (χ4v) is 3.40. The number of anilines is 1. The number of hydrogen-bond acceptors (Lipinski definition) is 9. The largest absolute Gasteiger partial charge is 0.478 e. The summed E-state index contributed by atoms with van der Waals surface area (Å²) in [6.07, 6.45) is -2.90. The van der Waals surface area contributed by atoms with E-state index in [1.807, 2.05) is 0 Å². The van der Waals surface area contributed by atoms with Crippen molar-refractivity contribution < 1.29 is 30.0 Å². The summed E-state index contributed by atoms with van der Waals surface area (Å²) in [6, 6.07) is 6.46. The van der Waals surface area contributed by atoms with Gasteiger partial charge in [0.15, 0.2) is 23.2 Å². The topological polar surface area (TPSA) is 163 Å². The Labute approximate surface area is 170 Å². The molecule has 0 aliphatic carbocycles. The SMILES string of the molecule is Cc1nc(NCc2ccc(C(=O)O)cc2)c2ncn(C3OC(CO)C(O)C3O)c2n1. The Balaban J connectivity index is 1.60. The second-order valence-electron chi connectivity index (χ2n) is 7.03. The van der Waals surface area contributed by atoms with Crippen LogP contribution in [0.3, 0.4) is 0 Å². The predicted molar refractivity (Wildman–Crippen MR) is 104 cm³/mol. The Hall–Kier alpha value is -3.12. The molecule has 1 aliphatic rings. The first-order valence-corrected chi connectivity index (χ1v) is 9.28. The number of nitrogens with zero attached hydrogens (tertiary/aromatic N) is 4. The van der Waals surface area contributed by atoms with Gasteiger partial charge in [-0.1, -0.05) is 12.1 Å². The summed E-state index contributed by atoms with van der Waals surface area (Å²) in [6.45, 7) is 1.66. The van der Waals surface area contributed by atoms with E-state index in [1.165, 1.54) is 23.0 Å². The molecule has 0 saturated carbocycles. The Morgan fingerprint density at radius 2 is 1.93 bits per heavy atom. The lowest BCUT2D eigenvalue weighted by atomic mass is 10.1. The van der Waals surface area contributed by atoms with Gasteiger partial charge < -0.3 is 30.5 Å². The highest BCUT2D eigenvalue weighted by molar-refractivity contribution is 5.87. The normalized spacial score (nSPS) is 23.7. The van der Waals surface area contributed by atoms with E-state index in [-0.39, 0.29) is 5.56 Å². The number of carboxylic acid groups (broad SMARTS) is 1. The van der Waals surface area contributed by atoms with Gasteiger partial charge in [-0.05, 0) is 24.6 Å². The van der Waals surface area contributed by atoms with E-state index in [9.17, 15) is 20.1 Å². The number of nitrogens with one attached hydrogen (secondary N) is 1. The maximum atomic E-state index is 11.0. The van der Waals surface area contributed by atoms with Crippen molar-refractivity contribution in [3.63, 3.8) is 0 Å². The molecule has 30 heavy (non-hydrogen) atoms. The number of benzene rings is 1. The fourth-order valence-electron chi connectivity index (χ4n) is 3.40. The molecule has 158 valence electrons. The average Bonchev–Trinajstić information content (AvgIpc) is 3.27. The molecule has 0 bridgehead atoms. The number of ether oxygens (including phenoxy) is 1. The van der Waals surface area contributed by atoms with Gasteiger partial charge in [-0.3, -0.25) is 4.57 Å². The molecule has 4 unspecified atom stereocenters. The highest BCUT2D eigenvalue weighted by Gasteiger charge is 2.44. The molecule has 11 heteroatoms. The van der Waals surface area contributed by atoms with Crippen LogP contribution in [0, 0.1) is 6.92 Å². The summed E-state index contributed by atoms with van der Waals surface area (Å²) in [5.74, 6) is -0.0666. The molecule has 4 rings (SSSR count). The molecule has 1 aromatic carbocycles. The van der Waals surface area contributed by atoms with Crippen molar-refractivity contribution in [3.05, 3.63) is 47.5 Å². The summed E-state index contributed by atoms with van der Waals surface area (Å²) in [7, 11) is 0. The van der Waals surface area contributed by atoms with Crippen LogP contribution >= 0.6 is 0 Å². The molecule has 3 aromatic rings. The number of aromatic carboxylic acids is 1. The second kappa shape index (κ2) is 7.95. The Morgan fingerprint density at radius 1 is 1.20 bits per heavy atom. The molecule has 0 spiro atoms. The molecule has 2 aromatic heterocycles.